The summed E-state index contributed by atoms with van der Waals surface area (Å²) in [7, 11) is 0. The number of imidazole rings is 1. The van der Waals surface area contributed by atoms with E-state index in [1.807, 2.05) is 0 Å². The molecule has 0 aliphatic carbocycles. The molecule has 1 unspecified atom stereocenters. The third kappa shape index (κ3) is 4.50. The summed E-state index contributed by atoms with van der Waals surface area (Å²) in [5.74, 6) is 0.126. The molecule has 1 aromatic carbocycles. The highest BCUT2D eigenvalue weighted by Crippen LogP contribution is 2.34. The number of nitrogens with one attached hydrogen (secondary N) is 1. The van der Waals surface area contributed by atoms with Crippen molar-refractivity contribution in [3.8, 4) is 16.5 Å². The van der Waals surface area contributed by atoms with Crippen LogP contribution in [-0.2, 0) is 4.79 Å². The fraction of sp³-hybridized carbons (Fsp3) is 0.235. The number of thiazole rings is 1. The van der Waals surface area contributed by atoms with Crippen LogP contribution in [-0.4, -0.2) is 26.5 Å². The molecule has 148 valence electrons. The number of carbonyl (C=O) groups excluding carboxylic acids is 1. The molecule has 3 aromatic rings. The number of hydrogen-bond donors (Lipinski definition) is 1. The molecule has 2 heterocycles. The van der Waals surface area contributed by atoms with Gasteiger partial charge < -0.3 is 4.74 Å². The molecule has 2 aromatic heterocycles. The molecule has 0 aliphatic heterocycles. The zero-order chi connectivity index (χ0) is 20.4. The Labute approximate surface area is 176 Å². The number of aryl methyl sites for hydroxylation is 1. The third-order valence-corrected chi connectivity index (χ3v) is 5.60. The van der Waals surface area contributed by atoms with Gasteiger partial charge in [0.25, 0.3) is 5.91 Å². The van der Waals surface area contributed by atoms with Gasteiger partial charge in [-0.1, -0.05) is 22.9 Å². The molecule has 0 fully saturated rings. The van der Waals surface area contributed by atoms with Crippen molar-refractivity contribution in [2.75, 3.05) is 5.32 Å². The van der Waals surface area contributed by atoms with Gasteiger partial charge >= 0.3 is 6.55 Å². The first-order valence-electron chi connectivity index (χ1n) is 7.97. The van der Waals surface area contributed by atoms with Crippen molar-refractivity contribution in [3.05, 3.63) is 45.8 Å². The van der Waals surface area contributed by atoms with Gasteiger partial charge in [-0.05, 0) is 48.0 Å². The van der Waals surface area contributed by atoms with Crippen molar-refractivity contribution in [2.24, 2.45) is 0 Å². The molecular formula is C17H14BrClF2N4O2S. The lowest BCUT2D eigenvalue weighted by Crippen LogP contribution is -2.30. The molecule has 0 bridgehead atoms. The molecule has 1 atom stereocenters. The molecular weight excluding hydrogens is 478 g/mol. The fourth-order valence-corrected chi connectivity index (χ4v) is 4.07. The van der Waals surface area contributed by atoms with Crippen LogP contribution in [0.1, 0.15) is 19.2 Å². The number of benzene rings is 1. The van der Waals surface area contributed by atoms with Gasteiger partial charge in [-0.3, -0.25) is 14.7 Å². The quantitative estimate of drug-likeness (QED) is 0.492. The van der Waals surface area contributed by atoms with Gasteiger partial charge in [0.05, 0.1) is 15.0 Å². The second-order valence-electron chi connectivity index (χ2n) is 5.69. The number of ether oxygens (including phenoxy) is 1. The molecule has 1 amide bonds. The first-order chi connectivity index (χ1) is 13.3. The predicted molar refractivity (Wildman–Crippen MR) is 107 cm³/mol. The second-order valence-corrected chi connectivity index (χ2v) is 7.98. The Morgan fingerprint density at radius 1 is 1.43 bits per heavy atom. The highest BCUT2D eigenvalue weighted by molar-refractivity contribution is 9.10. The van der Waals surface area contributed by atoms with Gasteiger partial charge in [0, 0.05) is 17.4 Å². The first kappa shape index (κ1) is 20.7. The van der Waals surface area contributed by atoms with E-state index >= 15 is 0 Å². The van der Waals surface area contributed by atoms with E-state index < -0.39 is 18.6 Å². The van der Waals surface area contributed by atoms with E-state index in [1.54, 1.807) is 32.0 Å². The Bertz CT molecular complexity index is 1010. The van der Waals surface area contributed by atoms with E-state index in [0.29, 0.717) is 25.8 Å². The van der Waals surface area contributed by atoms with Crippen LogP contribution in [0.15, 0.2) is 35.1 Å². The molecule has 0 saturated heterocycles. The Morgan fingerprint density at radius 2 is 2.18 bits per heavy atom. The molecule has 0 radical (unpaired) electrons. The Balaban J connectivity index is 1.73. The maximum atomic E-state index is 13.1. The van der Waals surface area contributed by atoms with Crippen molar-refractivity contribution in [3.63, 3.8) is 0 Å². The average molecular weight is 492 g/mol. The smallest absolute Gasteiger partial charge is 0.320 e. The Hall–Kier alpha value is -2.04. The molecule has 28 heavy (non-hydrogen) atoms. The number of hydrogen-bond acceptors (Lipinski definition) is 5. The first-order valence-corrected chi connectivity index (χ1v) is 9.96. The third-order valence-electron chi connectivity index (χ3n) is 3.68. The monoisotopic (exact) mass is 490 g/mol. The number of halogens is 4. The topological polar surface area (TPSA) is 69.0 Å². The van der Waals surface area contributed by atoms with Crippen LogP contribution in [0.5, 0.6) is 5.75 Å². The number of rotatable bonds is 6. The van der Waals surface area contributed by atoms with E-state index in [-0.39, 0.29) is 11.0 Å². The van der Waals surface area contributed by atoms with Crippen LogP contribution in [0.4, 0.5) is 13.9 Å². The lowest BCUT2D eigenvalue weighted by Gasteiger charge is -2.15. The lowest BCUT2D eigenvalue weighted by atomic mass is 10.3. The zero-order valence-electron chi connectivity index (χ0n) is 14.6. The minimum Gasteiger partial charge on any atom is -0.480 e. The van der Waals surface area contributed by atoms with Gasteiger partial charge in [0.15, 0.2) is 17.1 Å². The van der Waals surface area contributed by atoms with Crippen molar-refractivity contribution >= 4 is 49.9 Å². The molecule has 1 N–H and O–H groups in total. The summed E-state index contributed by atoms with van der Waals surface area (Å²) in [4.78, 5) is 21.1. The number of amides is 1. The molecule has 0 saturated carbocycles. The van der Waals surface area contributed by atoms with Crippen LogP contribution in [0, 0.1) is 6.92 Å². The predicted octanol–water partition coefficient (Wildman–Crippen LogP) is 5.53. The van der Waals surface area contributed by atoms with Crippen molar-refractivity contribution < 1.29 is 18.3 Å². The van der Waals surface area contributed by atoms with Crippen LogP contribution < -0.4 is 10.1 Å². The van der Waals surface area contributed by atoms with Gasteiger partial charge in [0.2, 0.25) is 0 Å². The summed E-state index contributed by atoms with van der Waals surface area (Å²) < 4.78 is 33.1. The Morgan fingerprint density at radius 3 is 2.86 bits per heavy atom. The maximum absolute atomic E-state index is 13.1. The van der Waals surface area contributed by atoms with Gasteiger partial charge in [-0.25, -0.2) is 9.97 Å². The largest absolute Gasteiger partial charge is 0.480 e. The summed E-state index contributed by atoms with van der Waals surface area (Å²) >= 11 is 10.3. The molecule has 6 nitrogen and oxygen atoms in total. The molecule has 3 rings (SSSR count). The van der Waals surface area contributed by atoms with Crippen LogP contribution >= 0.6 is 38.9 Å². The summed E-state index contributed by atoms with van der Waals surface area (Å²) in [6, 6.07) is 4.95. The molecule has 0 aliphatic rings. The summed E-state index contributed by atoms with van der Waals surface area (Å²) in [5.41, 5.74) is 0.488. The van der Waals surface area contributed by atoms with Crippen LogP contribution in [0.25, 0.3) is 10.7 Å². The molecule has 0 spiro atoms. The van der Waals surface area contributed by atoms with Crippen molar-refractivity contribution in [1.29, 1.82) is 0 Å². The van der Waals surface area contributed by atoms with Crippen LogP contribution in [0.3, 0.4) is 0 Å². The Kier molecular flexibility index (Phi) is 6.31. The lowest BCUT2D eigenvalue weighted by molar-refractivity contribution is -0.122. The summed E-state index contributed by atoms with van der Waals surface area (Å²) in [5, 5.41) is 3.44. The van der Waals surface area contributed by atoms with Crippen molar-refractivity contribution in [1.82, 2.24) is 14.5 Å². The van der Waals surface area contributed by atoms with E-state index in [1.165, 1.54) is 12.4 Å². The van der Waals surface area contributed by atoms with Crippen molar-refractivity contribution in [2.45, 2.75) is 26.5 Å². The SMILES string of the molecule is Cc1nc(NC(=O)C(C)Oc2ccc(Cl)cc2Br)sc1-c1nccn1C(F)F. The average Bonchev–Trinajstić information content (AvgIpc) is 3.23. The van der Waals surface area contributed by atoms with E-state index in [9.17, 15) is 13.6 Å². The number of aromatic nitrogens is 3. The van der Waals surface area contributed by atoms with Crippen LogP contribution in [0.2, 0.25) is 5.02 Å². The number of carbonyl (C=O) groups is 1. The standard InChI is InChI=1S/C17H14BrClF2N4O2S/c1-8-13(14-22-5-6-25(14)16(20)21)28-17(23-8)24-15(26)9(2)27-12-4-3-10(19)7-11(12)18/h3-7,9,16H,1-2H3,(H,23,24,26). The maximum Gasteiger partial charge on any atom is 0.320 e. The van der Waals surface area contributed by atoms with E-state index in [4.69, 9.17) is 16.3 Å². The molecule has 11 heteroatoms. The fourth-order valence-electron chi connectivity index (χ4n) is 2.33. The minimum absolute atomic E-state index is 0.0971. The summed E-state index contributed by atoms with van der Waals surface area (Å²) in [6.45, 7) is 0.529. The second kappa shape index (κ2) is 8.54. The van der Waals surface area contributed by atoms with Gasteiger partial charge in [0.1, 0.15) is 5.75 Å². The minimum atomic E-state index is -2.72. The van der Waals surface area contributed by atoms with E-state index in [2.05, 4.69) is 31.2 Å². The number of anilines is 1. The number of nitrogens with zero attached hydrogens (tertiary/aromatic N) is 3. The highest BCUT2D eigenvalue weighted by atomic mass is 79.9. The normalized spacial score (nSPS) is 12.2. The van der Waals surface area contributed by atoms with E-state index in [0.717, 1.165) is 15.9 Å². The zero-order valence-corrected chi connectivity index (χ0v) is 17.8. The highest BCUT2D eigenvalue weighted by Gasteiger charge is 2.22. The van der Waals surface area contributed by atoms with Gasteiger partial charge in [-0.15, -0.1) is 0 Å². The van der Waals surface area contributed by atoms with Gasteiger partial charge in [-0.2, -0.15) is 8.78 Å². The summed E-state index contributed by atoms with van der Waals surface area (Å²) in [6.07, 6.45) is 1.66. The number of alkyl halides is 2.